The Hall–Kier alpha value is -2.10. The minimum absolute atomic E-state index is 0.174. The standard InChI is InChI=1S/C14H15N3O/c1-11-15-13(16-9-5-8-14(16)18)10-17(11)12-6-3-2-4-7-12/h2-4,6-7,10H,5,8-9H2,1H3. The number of aromatic nitrogens is 2. The van der Waals surface area contributed by atoms with Gasteiger partial charge in [-0.25, -0.2) is 4.98 Å². The van der Waals surface area contributed by atoms with Crippen LogP contribution in [0.4, 0.5) is 5.82 Å². The number of hydrogen-bond donors (Lipinski definition) is 0. The van der Waals surface area contributed by atoms with Crippen molar-refractivity contribution in [1.29, 1.82) is 0 Å². The number of para-hydroxylation sites is 1. The van der Waals surface area contributed by atoms with E-state index in [1.165, 1.54) is 0 Å². The first-order chi connectivity index (χ1) is 8.75. The van der Waals surface area contributed by atoms with Crippen LogP contribution in [0.25, 0.3) is 5.69 Å². The second kappa shape index (κ2) is 4.29. The Morgan fingerprint density at radius 1 is 1.22 bits per heavy atom. The van der Waals surface area contributed by atoms with Gasteiger partial charge in [0.15, 0.2) is 5.82 Å². The summed E-state index contributed by atoms with van der Waals surface area (Å²) >= 11 is 0. The van der Waals surface area contributed by atoms with Crippen LogP contribution in [0.5, 0.6) is 0 Å². The van der Waals surface area contributed by atoms with Gasteiger partial charge in [-0.3, -0.25) is 9.69 Å². The van der Waals surface area contributed by atoms with Gasteiger partial charge in [0.05, 0.1) is 6.20 Å². The van der Waals surface area contributed by atoms with Crippen LogP contribution in [0.1, 0.15) is 18.7 Å². The second-order valence-electron chi connectivity index (χ2n) is 4.50. The summed E-state index contributed by atoms with van der Waals surface area (Å²) in [5.74, 6) is 1.84. The Morgan fingerprint density at radius 3 is 2.67 bits per heavy atom. The topological polar surface area (TPSA) is 38.1 Å². The molecule has 0 aliphatic carbocycles. The lowest BCUT2D eigenvalue weighted by molar-refractivity contribution is -0.117. The van der Waals surface area contributed by atoms with Crippen LogP contribution in [0.3, 0.4) is 0 Å². The maximum Gasteiger partial charge on any atom is 0.228 e. The molecule has 4 heteroatoms. The van der Waals surface area contributed by atoms with Crippen LogP contribution < -0.4 is 4.90 Å². The minimum Gasteiger partial charge on any atom is -0.302 e. The molecule has 0 N–H and O–H groups in total. The van der Waals surface area contributed by atoms with E-state index in [0.29, 0.717) is 6.42 Å². The molecule has 0 radical (unpaired) electrons. The molecule has 0 atom stereocenters. The SMILES string of the molecule is Cc1nc(N2CCCC2=O)cn1-c1ccccc1. The number of imidazole rings is 1. The van der Waals surface area contributed by atoms with Gasteiger partial charge in [-0.2, -0.15) is 0 Å². The molecule has 1 amide bonds. The van der Waals surface area contributed by atoms with Crippen LogP contribution in [0.2, 0.25) is 0 Å². The van der Waals surface area contributed by atoms with Crippen molar-refractivity contribution in [3.8, 4) is 5.69 Å². The van der Waals surface area contributed by atoms with Crippen LogP contribution in [-0.2, 0) is 4.79 Å². The van der Waals surface area contributed by atoms with Crippen molar-refractivity contribution in [1.82, 2.24) is 9.55 Å². The Bertz CT molecular complexity index is 574. The number of anilines is 1. The zero-order valence-corrected chi connectivity index (χ0v) is 10.3. The molecule has 0 saturated carbocycles. The fraction of sp³-hybridized carbons (Fsp3) is 0.286. The number of rotatable bonds is 2. The van der Waals surface area contributed by atoms with E-state index in [9.17, 15) is 4.79 Å². The highest BCUT2D eigenvalue weighted by Crippen LogP contribution is 2.22. The van der Waals surface area contributed by atoms with Gasteiger partial charge in [0.1, 0.15) is 5.82 Å². The van der Waals surface area contributed by atoms with Gasteiger partial charge in [-0.1, -0.05) is 18.2 Å². The lowest BCUT2D eigenvalue weighted by Gasteiger charge is -2.10. The van der Waals surface area contributed by atoms with E-state index >= 15 is 0 Å². The summed E-state index contributed by atoms with van der Waals surface area (Å²) in [6.07, 6.45) is 3.50. The molecule has 4 nitrogen and oxygen atoms in total. The molecule has 18 heavy (non-hydrogen) atoms. The molecule has 0 spiro atoms. The van der Waals surface area contributed by atoms with Gasteiger partial charge in [0.25, 0.3) is 0 Å². The summed E-state index contributed by atoms with van der Waals surface area (Å²) in [6.45, 7) is 2.74. The number of carbonyl (C=O) groups is 1. The zero-order valence-electron chi connectivity index (χ0n) is 10.3. The minimum atomic E-state index is 0.174. The van der Waals surface area contributed by atoms with E-state index in [0.717, 1.165) is 30.3 Å². The highest BCUT2D eigenvalue weighted by Gasteiger charge is 2.24. The molecule has 2 aromatic rings. The van der Waals surface area contributed by atoms with E-state index in [1.54, 1.807) is 4.90 Å². The molecule has 1 fully saturated rings. The predicted octanol–water partition coefficient (Wildman–Crippen LogP) is 2.31. The van der Waals surface area contributed by atoms with E-state index in [2.05, 4.69) is 4.98 Å². The van der Waals surface area contributed by atoms with Crippen LogP contribution >= 0.6 is 0 Å². The molecule has 3 rings (SSSR count). The average Bonchev–Trinajstić information content (AvgIpc) is 2.96. The van der Waals surface area contributed by atoms with E-state index in [1.807, 2.05) is 48.0 Å². The van der Waals surface area contributed by atoms with Gasteiger partial charge < -0.3 is 4.57 Å². The van der Waals surface area contributed by atoms with Gasteiger partial charge >= 0.3 is 0 Å². The molecule has 1 aromatic carbocycles. The Labute approximate surface area is 106 Å². The quantitative estimate of drug-likeness (QED) is 0.809. The Morgan fingerprint density at radius 2 is 2.00 bits per heavy atom. The van der Waals surface area contributed by atoms with Crippen LogP contribution in [-0.4, -0.2) is 22.0 Å². The smallest absolute Gasteiger partial charge is 0.228 e. The van der Waals surface area contributed by atoms with Crippen molar-refractivity contribution in [2.24, 2.45) is 0 Å². The first-order valence-electron chi connectivity index (χ1n) is 6.17. The summed E-state index contributed by atoms with van der Waals surface area (Å²) < 4.78 is 2.01. The van der Waals surface area contributed by atoms with E-state index in [4.69, 9.17) is 0 Å². The summed E-state index contributed by atoms with van der Waals surface area (Å²) in [6, 6.07) is 10.0. The molecule has 0 bridgehead atoms. The van der Waals surface area contributed by atoms with Crippen molar-refractivity contribution >= 4 is 11.7 Å². The van der Waals surface area contributed by atoms with Crippen LogP contribution in [0.15, 0.2) is 36.5 Å². The number of amides is 1. The molecule has 1 aliphatic heterocycles. The third kappa shape index (κ3) is 1.79. The number of benzene rings is 1. The lowest BCUT2D eigenvalue weighted by atomic mass is 10.3. The van der Waals surface area contributed by atoms with Gasteiger partial charge in [0.2, 0.25) is 5.91 Å². The summed E-state index contributed by atoms with van der Waals surface area (Å²) in [7, 11) is 0. The maximum absolute atomic E-state index is 11.7. The van der Waals surface area contributed by atoms with E-state index in [-0.39, 0.29) is 5.91 Å². The molecule has 0 unspecified atom stereocenters. The van der Waals surface area contributed by atoms with Crippen molar-refractivity contribution < 1.29 is 4.79 Å². The number of nitrogens with zero attached hydrogens (tertiary/aromatic N) is 3. The molecule has 1 aliphatic rings. The van der Waals surface area contributed by atoms with Crippen molar-refractivity contribution in [3.05, 3.63) is 42.4 Å². The normalized spacial score (nSPS) is 15.4. The highest BCUT2D eigenvalue weighted by atomic mass is 16.2. The van der Waals surface area contributed by atoms with Crippen molar-refractivity contribution in [3.63, 3.8) is 0 Å². The third-order valence-electron chi connectivity index (χ3n) is 3.25. The lowest BCUT2D eigenvalue weighted by Crippen LogP contribution is -2.23. The molecule has 1 saturated heterocycles. The Balaban J connectivity index is 1.99. The fourth-order valence-corrected chi connectivity index (χ4v) is 2.33. The van der Waals surface area contributed by atoms with Crippen molar-refractivity contribution in [2.75, 3.05) is 11.4 Å². The first kappa shape index (κ1) is 11.0. The summed E-state index contributed by atoms with van der Waals surface area (Å²) in [5, 5.41) is 0. The number of carbonyl (C=O) groups excluding carboxylic acids is 1. The molecule has 1 aromatic heterocycles. The second-order valence-corrected chi connectivity index (χ2v) is 4.50. The van der Waals surface area contributed by atoms with E-state index < -0.39 is 0 Å². The summed E-state index contributed by atoms with van der Waals surface area (Å²) in [4.78, 5) is 18.0. The molecule has 92 valence electrons. The van der Waals surface area contributed by atoms with Gasteiger partial charge in [0, 0.05) is 18.7 Å². The molecular formula is C14H15N3O. The van der Waals surface area contributed by atoms with Crippen LogP contribution in [0, 0.1) is 6.92 Å². The first-order valence-corrected chi connectivity index (χ1v) is 6.17. The highest BCUT2D eigenvalue weighted by molar-refractivity contribution is 5.94. The fourth-order valence-electron chi connectivity index (χ4n) is 2.33. The Kier molecular flexibility index (Phi) is 2.63. The zero-order chi connectivity index (χ0) is 12.5. The van der Waals surface area contributed by atoms with Gasteiger partial charge in [-0.05, 0) is 25.5 Å². The summed E-state index contributed by atoms with van der Waals surface area (Å²) in [5.41, 5.74) is 1.07. The average molecular weight is 241 g/mol. The van der Waals surface area contributed by atoms with Crippen molar-refractivity contribution in [2.45, 2.75) is 19.8 Å². The predicted molar refractivity (Wildman–Crippen MR) is 69.9 cm³/mol. The number of hydrogen-bond acceptors (Lipinski definition) is 2. The maximum atomic E-state index is 11.7. The molecular weight excluding hydrogens is 226 g/mol. The largest absolute Gasteiger partial charge is 0.302 e. The molecule has 2 heterocycles. The van der Waals surface area contributed by atoms with Gasteiger partial charge in [-0.15, -0.1) is 0 Å². The number of aryl methyl sites for hydroxylation is 1. The third-order valence-corrected chi connectivity index (χ3v) is 3.25. The monoisotopic (exact) mass is 241 g/mol.